The molecule has 1 aromatic heterocycles. The first-order chi connectivity index (χ1) is 12.0. The summed E-state index contributed by atoms with van der Waals surface area (Å²) in [5.41, 5.74) is 6.06. The van der Waals surface area contributed by atoms with Crippen LogP contribution in [-0.2, 0) is 9.59 Å². The summed E-state index contributed by atoms with van der Waals surface area (Å²) in [5, 5.41) is 0. The fourth-order valence-corrected chi connectivity index (χ4v) is 2.60. The largest absolute Gasteiger partial charge is 0.368 e. The molecule has 3 rings (SSSR count). The first-order valence-electron chi connectivity index (χ1n) is 7.43. The van der Waals surface area contributed by atoms with Crippen LogP contribution in [0.15, 0.2) is 48.8 Å². The summed E-state index contributed by atoms with van der Waals surface area (Å²) in [6.07, 6.45) is 2.91. The van der Waals surface area contributed by atoms with E-state index in [-0.39, 0.29) is 17.7 Å². The topological polar surface area (TPSA) is 114 Å². The maximum atomic E-state index is 12.6. The molecule has 0 unspecified atom stereocenters. The van der Waals surface area contributed by atoms with Crippen molar-refractivity contribution >= 4 is 29.3 Å². The van der Waals surface area contributed by atoms with Crippen molar-refractivity contribution in [2.24, 2.45) is 5.73 Å². The molecule has 4 amide bonds. The molecule has 8 nitrogen and oxygen atoms in total. The molecular formula is C17H14N4O4. The van der Waals surface area contributed by atoms with E-state index in [1.807, 2.05) is 0 Å². The lowest BCUT2D eigenvalue weighted by molar-refractivity contribution is -0.122. The molecular weight excluding hydrogens is 324 g/mol. The zero-order valence-electron chi connectivity index (χ0n) is 13.1. The standard InChI is InChI=1S/C17H14N4O4/c18-14(22)9-20(11-4-3-7-19-8-11)15(23)10-21-16(24)12-5-1-2-6-13(12)17(21)25/h1-8H,9-10H2,(H2,18,22). The van der Waals surface area contributed by atoms with Crippen LogP contribution in [0.3, 0.4) is 0 Å². The van der Waals surface area contributed by atoms with Gasteiger partial charge in [0.15, 0.2) is 0 Å². The maximum Gasteiger partial charge on any atom is 0.262 e. The molecule has 126 valence electrons. The summed E-state index contributed by atoms with van der Waals surface area (Å²) in [5.74, 6) is -2.42. The smallest absolute Gasteiger partial charge is 0.262 e. The highest BCUT2D eigenvalue weighted by Gasteiger charge is 2.37. The van der Waals surface area contributed by atoms with Crippen molar-refractivity contribution in [1.82, 2.24) is 9.88 Å². The third-order valence-corrected chi connectivity index (χ3v) is 3.74. The van der Waals surface area contributed by atoms with Crippen LogP contribution >= 0.6 is 0 Å². The van der Waals surface area contributed by atoms with Gasteiger partial charge in [-0.2, -0.15) is 0 Å². The van der Waals surface area contributed by atoms with Crippen molar-refractivity contribution in [3.63, 3.8) is 0 Å². The van der Waals surface area contributed by atoms with Crippen LogP contribution in [0.4, 0.5) is 5.69 Å². The first-order valence-corrected chi connectivity index (χ1v) is 7.43. The number of hydrogen-bond acceptors (Lipinski definition) is 5. The number of pyridine rings is 1. The van der Waals surface area contributed by atoms with Gasteiger partial charge in [-0.15, -0.1) is 0 Å². The molecule has 2 aromatic rings. The number of fused-ring (bicyclic) bond motifs is 1. The number of anilines is 1. The lowest BCUT2D eigenvalue weighted by atomic mass is 10.1. The highest BCUT2D eigenvalue weighted by atomic mass is 16.2. The molecule has 0 radical (unpaired) electrons. The molecule has 0 spiro atoms. The Morgan fingerprint density at radius 3 is 2.20 bits per heavy atom. The summed E-state index contributed by atoms with van der Waals surface area (Å²) in [6.45, 7) is -0.873. The van der Waals surface area contributed by atoms with Crippen LogP contribution in [0.25, 0.3) is 0 Å². The van der Waals surface area contributed by atoms with Gasteiger partial charge in [0.05, 0.1) is 23.0 Å². The minimum atomic E-state index is -0.723. The Hall–Kier alpha value is -3.55. The van der Waals surface area contributed by atoms with E-state index < -0.39 is 30.2 Å². The summed E-state index contributed by atoms with van der Waals surface area (Å²) < 4.78 is 0. The Bertz CT molecular complexity index is 831. The van der Waals surface area contributed by atoms with E-state index in [4.69, 9.17) is 5.73 Å². The van der Waals surface area contributed by atoms with E-state index in [2.05, 4.69) is 4.98 Å². The number of carbonyl (C=O) groups is 4. The summed E-state index contributed by atoms with van der Waals surface area (Å²) in [7, 11) is 0. The van der Waals surface area contributed by atoms with Crippen molar-refractivity contribution in [3.8, 4) is 0 Å². The monoisotopic (exact) mass is 338 g/mol. The Labute approximate surface area is 142 Å². The van der Waals surface area contributed by atoms with Gasteiger partial charge in [0.25, 0.3) is 11.8 Å². The second kappa shape index (κ2) is 6.52. The van der Waals surface area contributed by atoms with Gasteiger partial charge in [0.2, 0.25) is 11.8 Å². The van der Waals surface area contributed by atoms with Gasteiger partial charge in [-0.1, -0.05) is 12.1 Å². The van der Waals surface area contributed by atoms with Crippen LogP contribution in [0.1, 0.15) is 20.7 Å². The molecule has 0 bridgehead atoms. The first kappa shape index (κ1) is 16.3. The number of benzene rings is 1. The number of nitrogens with zero attached hydrogens (tertiary/aromatic N) is 3. The number of carbonyl (C=O) groups excluding carboxylic acids is 4. The molecule has 1 aliphatic rings. The number of imide groups is 1. The van der Waals surface area contributed by atoms with Gasteiger partial charge in [-0.25, -0.2) is 0 Å². The number of aromatic nitrogens is 1. The normalized spacial score (nSPS) is 12.9. The van der Waals surface area contributed by atoms with E-state index in [9.17, 15) is 19.2 Å². The molecule has 0 atom stereocenters. The van der Waals surface area contributed by atoms with Crippen molar-refractivity contribution in [2.45, 2.75) is 0 Å². The summed E-state index contributed by atoms with van der Waals surface area (Å²) >= 11 is 0. The van der Waals surface area contributed by atoms with Gasteiger partial charge in [-0.3, -0.25) is 34.0 Å². The predicted molar refractivity (Wildman–Crippen MR) is 87.6 cm³/mol. The van der Waals surface area contributed by atoms with Gasteiger partial charge in [0, 0.05) is 6.20 Å². The van der Waals surface area contributed by atoms with E-state index in [0.29, 0.717) is 5.69 Å². The number of rotatable bonds is 5. The van der Waals surface area contributed by atoms with Crippen LogP contribution in [0.2, 0.25) is 0 Å². The third-order valence-electron chi connectivity index (χ3n) is 3.74. The molecule has 0 saturated heterocycles. The Morgan fingerprint density at radius 2 is 1.68 bits per heavy atom. The van der Waals surface area contributed by atoms with Crippen LogP contribution in [0, 0.1) is 0 Å². The minimum absolute atomic E-state index is 0.253. The van der Waals surface area contributed by atoms with Crippen LogP contribution < -0.4 is 10.6 Å². The Kier molecular flexibility index (Phi) is 4.25. The average Bonchev–Trinajstić information content (AvgIpc) is 2.85. The quantitative estimate of drug-likeness (QED) is 0.782. The Balaban J connectivity index is 1.84. The van der Waals surface area contributed by atoms with Crippen molar-refractivity contribution in [3.05, 3.63) is 59.9 Å². The molecule has 1 aliphatic heterocycles. The molecule has 0 saturated carbocycles. The second-order valence-corrected chi connectivity index (χ2v) is 5.40. The highest BCUT2D eigenvalue weighted by molar-refractivity contribution is 6.22. The number of amides is 4. The van der Waals surface area contributed by atoms with Gasteiger partial charge in [-0.05, 0) is 24.3 Å². The van der Waals surface area contributed by atoms with E-state index >= 15 is 0 Å². The zero-order chi connectivity index (χ0) is 18.0. The SMILES string of the molecule is NC(=O)CN(C(=O)CN1C(=O)c2ccccc2C1=O)c1cccnc1. The third kappa shape index (κ3) is 3.09. The molecule has 0 fully saturated rings. The van der Waals surface area contributed by atoms with Gasteiger partial charge in [0.1, 0.15) is 13.1 Å². The molecule has 2 N–H and O–H groups in total. The van der Waals surface area contributed by atoms with Crippen LogP contribution in [0.5, 0.6) is 0 Å². The van der Waals surface area contributed by atoms with Gasteiger partial charge >= 0.3 is 0 Å². The lowest BCUT2D eigenvalue weighted by Crippen LogP contribution is -2.45. The van der Waals surface area contributed by atoms with E-state index in [1.54, 1.807) is 24.3 Å². The van der Waals surface area contributed by atoms with Crippen molar-refractivity contribution in [2.75, 3.05) is 18.0 Å². The maximum absolute atomic E-state index is 12.6. The molecule has 0 aliphatic carbocycles. The fourth-order valence-electron chi connectivity index (χ4n) is 2.60. The number of primary amides is 1. The highest BCUT2D eigenvalue weighted by Crippen LogP contribution is 2.23. The van der Waals surface area contributed by atoms with E-state index in [0.717, 1.165) is 9.80 Å². The lowest BCUT2D eigenvalue weighted by Gasteiger charge is -2.23. The zero-order valence-corrected chi connectivity index (χ0v) is 13.1. The van der Waals surface area contributed by atoms with Gasteiger partial charge < -0.3 is 5.73 Å². The summed E-state index contributed by atoms with van der Waals surface area (Å²) in [6, 6.07) is 9.52. The molecule has 8 heteroatoms. The molecule has 2 heterocycles. The Morgan fingerprint density at radius 1 is 1.04 bits per heavy atom. The second-order valence-electron chi connectivity index (χ2n) is 5.40. The summed E-state index contributed by atoms with van der Waals surface area (Å²) in [4.78, 5) is 54.5. The van der Waals surface area contributed by atoms with Crippen molar-refractivity contribution in [1.29, 1.82) is 0 Å². The van der Waals surface area contributed by atoms with Crippen molar-refractivity contribution < 1.29 is 19.2 Å². The average molecular weight is 338 g/mol. The van der Waals surface area contributed by atoms with Crippen LogP contribution in [-0.4, -0.2) is 46.6 Å². The van der Waals surface area contributed by atoms with E-state index in [1.165, 1.54) is 24.5 Å². The number of hydrogen-bond donors (Lipinski definition) is 1. The number of nitrogens with two attached hydrogens (primary N) is 1. The fraction of sp³-hybridized carbons (Fsp3) is 0.118. The molecule has 1 aromatic carbocycles. The molecule has 25 heavy (non-hydrogen) atoms. The minimum Gasteiger partial charge on any atom is -0.368 e. The predicted octanol–water partition coefficient (Wildman–Crippen LogP) is 0.196.